The highest BCUT2D eigenvalue weighted by atomic mass is 79.9. The smallest absolute Gasteiger partial charge is 0.103 e. The normalized spacial score (nSPS) is 10.2. The van der Waals surface area contributed by atoms with Crippen molar-refractivity contribution in [1.29, 1.82) is 5.26 Å². The van der Waals surface area contributed by atoms with Crippen LogP contribution in [-0.4, -0.2) is 0 Å². The molecule has 0 spiro atoms. The summed E-state index contributed by atoms with van der Waals surface area (Å²) >= 11 is 3.40. The van der Waals surface area contributed by atoms with Crippen LogP contribution in [0.4, 0.5) is 11.4 Å². The van der Waals surface area contributed by atoms with Crippen molar-refractivity contribution in [3.63, 3.8) is 0 Å². The van der Waals surface area contributed by atoms with E-state index in [2.05, 4.69) is 51.6 Å². The van der Waals surface area contributed by atoms with E-state index in [0.717, 1.165) is 15.8 Å². The van der Waals surface area contributed by atoms with Crippen molar-refractivity contribution in [2.24, 2.45) is 0 Å². The molecule has 20 heavy (non-hydrogen) atoms. The number of benzene rings is 3. The fraction of sp³-hybridized carbons (Fsp3) is 0. The van der Waals surface area contributed by atoms with Crippen LogP contribution < -0.4 is 5.32 Å². The average Bonchev–Trinajstić information content (AvgIpc) is 2.47. The van der Waals surface area contributed by atoms with Crippen molar-refractivity contribution in [2.75, 3.05) is 5.32 Å². The average molecular weight is 323 g/mol. The number of fused-ring (bicyclic) bond motifs is 1. The molecule has 96 valence electrons. The maximum atomic E-state index is 9.23. The summed E-state index contributed by atoms with van der Waals surface area (Å²) in [5.74, 6) is 0. The molecule has 0 aliphatic carbocycles. The zero-order chi connectivity index (χ0) is 13.9. The van der Waals surface area contributed by atoms with Gasteiger partial charge in [0.2, 0.25) is 0 Å². The summed E-state index contributed by atoms with van der Waals surface area (Å²) in [5.41, 5.74) is 2.39. The largest absolute Gasteiger partial charge is 0.354 e. The molecular formula is C17H11BrN2. The number of nitriles is 1. The Bertz CT molecular complexity index is 819. The summed E-state index contributed by atoms with van der Waals surface area (Å²) in [6, 6.07) is 22.3. The SMILES string of the molecule is N#Cc1c(Br)cccc1Nc1ccc2ccccc2c1. The van der Waals surface area contributed by atoms with Gasteiger partial charge in [0.25, 0.3) is 0 Å². The van der Waals surface area contributed by atoms with Gasteiger partial charge in [0, 0.05) is 10.2 Å². The molecule has 1 N–H and O–H groups in total. The second-order valence-electron chi connectivity index (χ2n) is 4.46. The maximum absolute atomic E-state index is 9.23. The van der Waals surface area contributed by atoms with E-state index in [1.165, 1.54) is 10.8 Å². The summed E-state index contributed by atoms with van der Waals surface area (Å²) in [5, 5.41) is 14.9. The predicted octanol–water partition coefficient (Wildman–Crippen LogP) is 5.22. The maximum Gasteiger partial charge on any atom is 0.103 e. The Balaban J connectivity index is 2.02. The van der Waals surface area contributed by atoms with E-state index in [9.17, 15) is 5.26 Å². The van der Waals surface area contributed by atoms with Crippen LogP contribution in [0.2, 0.25) is 0 Å². The van der Waals surface area contributed by atoms with Gasteiger partial charge in [0.1, 0.15) is 6.07 Å². The Morgan fingerprint density at radius 1 is 0.900 bits per heavy atom. The highest BCUT2D eigenvalue weighted by Crippen LogP contribution is 2.28. The molecule has 3 aromatic carbocycles. The summed E-state index contributed by atoms with van der Waals surface area (Å²) in [7, 11) is 0. The third kappa shape index (κ3) is 2.38. The number of hydrogen-bond acceptors (Lipinski definition) is 2. The second-order valence-corrected chi connectivity index (χ2v) is 5.32. The molecule has 0 saturated heterocycles. The van der Waals surface area contributed by atoms with Gasteiger partial charge in [-0.2, -0.15) is 5.26 Å². The molecule has 0 saturated carbocycles. The van der Waals surface area contributed by atoms with Crippen LogP contribution in [0.15, 0.2) is 65.1 Å². The first-order chi connectivity index (χ1) is 9.78. The first-order valence-electron chi connectivity index (χ1n) is 6.22. The number of hydrogen-bond donors (Lipinski definition) is 1. The number of halogens is 1. The van der Waals surface area contributed by atoms with E-state index in [0.29, 0.717) is 5.56 Å². The lowest BCUT2D eigenvalue weighted by Gasteiger charge is -2.10. The molecular weight excluding hydrogens is 312 g/mol. The van der Waals surface area contributed by atoms with E-state index in [-0.39, 0.29) is 0 Å². The Morgan fingerprint density at radius 2 is 1.70 bits per heavy atom. The van der Waals surface area contributed by atoms with Crippen LogP contribution in [0.25, 0.3) is 10.8 Å². The van der Waals surface area contributed by atoms with E-state index in [1.54, 1.807) is 0 Å². The van der Waals surface area contributed by atoms with Crippen LogP contribution in [0.5, 0.6) is 0 Å². The number of nitrogens with one attached hydrogen (secondary N) is 1. The van der Waals surface area contributed by atoms with Crippen LogP contribution in [-0.2, 0) is 0 Å². The lowest BCUT2D eigenvalue weighted by Crippen LogP contribution is -1.94. The van der Waals surface area contributed by atoms with Crippen molar-refractivity contribution in [2.45, 2.75) is 0 Å². The highest BCUT2D eigenvalue weighted by Gasteiger charge is 2.06. The van der Waals surface area contributed by atoms with Gasteiger partial charge < -0.3 is 5.32 Å². The number of nitrogens with zero attached hydrogens (tertiary/aromatic N) is 1. The Hall–Kier alpha value is -2.31. The highest BCUT2D eigenvalue weighted by molar-refractivity contribution is 9.10. The Labute approximate surface area is 125 Å². The lowest BCUT2D eigenvalue weighted by molar-refractivity contribution is 1.44. The van der Waals surface area contributed by atoms with E-state index in [1.807, 2.05) is 36.4 Å². The minimum absolute atomic E-state index is 0.612. The van der Waals surface area contributed by atoms with Crippen LogP contribution >= 0.6 is 15.9 Å². The van der Waals surface area contributed by atoms with E-state index < -0.39 is 0 Å². The fourth-order valence-electron chi connectivity index (χ4n) is 2.16. The van der Waals surface area contributed by atoms with Gasteiger partial charge in [-0.15, -0.1) is 0 Å². The molecule has 0 fully saturated rings. The zero-order valence-electron chi connectivity index (χ0n) is 10.6. The van der Waals surface area contributed by atoms with Gasteiger partial charge in [-0.1, -0.05) is 36.4 Å². The van der Waals surface area contributed by atoms with Crippen molar-refractivity contribution < 1.29 is 0 Å². The predicted molar refractivity (Wildman–Crippen MR) is 86.1 cm³/mol. The molecule has 0 heterocycles. The van der Waals surface area contributed by atoms with Crippen LogP contribution in [0.1, 0.15) is 5.56 Å². The standard InChI is InChI=1S/C17H11BrN2/c18-16-6-3-7-17(15(16)11-19)20-14-9-8-12-4-1-2-5-13(12)10-14/h1-10,20H. The molecule has 0 bridgehead atoms. The summed E-state index contributed by atoms with van der Waals surface area (Å²) in [4.78, 5) is 0. The van der Waals surface area contributed by atoms with Crippen molar-refractivity contribution in [1.82, 2.24) is 0 Å². The van der Waals surface area contributed by atoms with Gasteiger partial charge in [-0.05, 0) is 51.0 Å². The van der Waals surface area contributed by atoms with Gasteiger partial charge >= 0.3 is 0 Å². The van der Waals surface area contributed by atoms with Crippen molar-refractivity contribution >= 4 is 38.1 Å². The van der Waals surface area contributed by atoms with Gasteiger partial charge in [-0.3, -0.25) is 0 Å². The minimum Gasteiger partial charge on any atom is -0.354 e. The van der Waals surface area contributed by atoms with Gasteiger partial charge in [0.15, 0.2) is 0 Å². The molecule has 0 amide bonds. The minimum atomic E-state index is 0.612. The van der Waals surface area contributed by atoms with Gasteiger partial charge in [0.05, 0.1) is 11.3 Å². The Kier molecular flexibility index (Phi) is 3.41. The van der Waals surface area contributed by atoms with Crippen LogP contribution in [0, 0.1) is 11.3 Å². The third-order valence-electron chi connectivity index (χ3n) is 3.15. The molecule has 0 aliphatic rings. The van der Waals surface area contributed by atoms with E-state index >= 15 is 0 Å². The first-order valence-corrected chi connectivity index (χ1v) is 7.01. The fourth-order valence-corrected chi connectivity index (χ4v) is 2.62. The molecule has 0 radical (unpaired) electrons. The summed E-state index contributed by atoms with van der Waals surface area (Å²) < 4.78 is 0.797. The van der Waals surface area contributed by atoms with Crippen LogP contribution in [0.3, 0.4) is 0 Å². The first kappa shape index (κ1) is 12.7. The molecule has 0 aliphatic heterocycles. The number of rotatable bonds is 2. The van der Waals surface area contributed by atoms with Crippen molar-refractivity contribution in [3.05, 3.63) is 70.7 Å². The summed E-state index contributed by atoms with van der Waals surface area (Å²) in [6.45, 7) is 0. The zero-order valence-corrected chi connectivity index (χ0v) is 12.2. The Morgan fingerprint density at radius 3 is 2.50 bits per heavy atom. The molecule has 3 heteroatoms. The topological polar surface area (TPSA) is 35.8 Å². The molecule has 2 nitrogen and oxygen atoms in total. The quantitative estimate of drug-likeness (QED) is 0.702. The lowest BCUT2D eigenvalue weighted by atomic mass is 10.1. The molecule has 3 rings (SSSR count). The molecule has 0 atom stereocenters. The molecule has 0 unspecified atom stereocenters. The molecule has 3 aromatic rings. The number of anilines is 2. The van der Waals surface area contributed by atoms with Gasteiger partial charge in [-0.25, -0.2) is 0 Å². The third-order valence-corrected chi connectivity index (χ3v) is 3.81. The monoisotopic (exact) mass is 322 g/mol. The molecule has 0 aromatic heterocycles. The second kappa shape index (κ2) is 5.36. The van der Waals surface area contributed by atoms with E-state index in [4.69, 9.17) is 0 Å². The summed E-state index contributed by atoms with van der Waals surface area (Å²) in [6.07, 6.45) is 0. The van der Waals surface area contributed by atoms with Crippen molar-refractivity contribution in [3.8, 4) is 6.07 Å².